The minimum atomic E-state index is -4.38. The summed E-state index contributed by atoms with van der Waals surface area (Å²) in [6.07, 6.45) is -0.734. The molecule has 0 bridgehead atoms. The van der Waals surface area contributed by atoms with Crippen LogP contribution in [0.4, 0.5) is 13.2 Å². The molecule has 0 aromatic carbocycles. The standard InChI is InChI=1S/C12H21F3N2O.ClH/c1-8(7-16)11(18)17-10(12(13,14)15)9-5-3-2-4-6-9;/h8-10H,2-7,16H2,1H3,(H,17,18);1H. The van der Waals surface area contributed by atoms with Gasteiger partial charge >= 0.3 is 6.18 Å². The zero-order valence-corrected chi connectivity index (χ0v) is 11.8. The van der Waals surface area contributed by atoms with Crippen molar-refractivity contribution in [3.8, 4) is 0 Å². The third-order valence-corrected chi connectivity index (χ3v) is 3.57. The second-order valence-corrected chi connectivity index (χ2v) is 5.06. The average molecular weight is 303 g/mol. The van der Waals surface area contributed by atoms with Gasteiger partial charge in [0.15, 0.2) is 0 Å². The van der Waals surface area contributed by atoms with Gasteiger partial charge in [0.1, 0.15) is 6.04 Å². The summed E-state index contributed by atoms with van der Waals surface area (Å²) >= 11 is 0. The Bertz CT molecular complexity index is 281. The summed E-state index contributed by atoms with van der Waals surface area (Å²) < 4.78 is 39.0. The predicted octanol–water partition coefficient (Wildman–Crippen LogP) is 2.63. The Hall–Kier alpha value is -0.490. The van der Waals surface area contributed by atoms with Crippen LogP contribution in [-0.4, -0.2) is 24.7 Å². The Morgan fingerprint density at radius 3 is 2.26 bits per heavy atom. The Balaban J connectivity index is 0.00000324. The van der Waals surface area contributed by atoms with Crippen LogP contribution in [0.3, 0.4) is 0 Å². The highest BCUT2D eigenvalue weighted by atomic mass is 35.5. The SMILES string of the molecule is CC(CN)C(=O)NC(C1CCCCC1)C(F)(F)F.Cl. The van der Waals surface area contributed by atoms with Gasteiger partial charge in [0.25, 0.3) is 0 Å². The zero-order valence-electron chi connectivity index (χ0n) is 11.0. The minimum absolute atomic E-state index is 0. The van der Waals surface area contributed by atoms with E-state index in [2.05, 4.69) is 5.32 Å². The van der Waals surface area contributed by atoms with Crippen LogP contribution in [-0.2, 0) is 4.79 Å². The lowest BCUT2D eigenvalue weighted by molar-refractivity contribution is -0.175. The average Bonchev–Trinajstić information content (AvgIpc) is 2.34. The van der Waals surface area contributed by atoms with E-state index in [4.69, 9.17) is 5.73 Å². The van der Waals surface area contributed by atoms with E-state index in [-0.39, 0.29) is 19.0 Å². The Morgan fingerprint density at radius 2 is 1.84 bits per heavy atom. The smallest absolute Gasteiger partial charge is 0.344 e. The van der Waals surface area contributed by atoms with Crippen molar-refractivity contribution in [1.29, 1.82) is 0 Å². The molecule has 2 unspecified atom stereocenters. The Kier molecular flexibility index (Phi) is 7.74. The van der Waals surface area contributed by atoms with Gasteiger partial charge in [0, 0.05) is 12.5 Å². The van der Waals surface area contributed by atoms with Gasteiger partial charge in [-0.25, -0.2) is 0 Å². The molecule has 2 atom stereocenters. The van der Waals surface area contributed by atoms with Crippen LogP contribution in [0.1, 0.15) is 39.0 Å². The maximum absolute atomic E-state index is 13.0. The number of hydrogen-bond donors (Lipinski definition) is 2. The molecule has 1 saturated carbocycles. The van der Waals surface area contributed by atoms with Gasteiger partial charge in [-0.3, -0.25) is 4.79 Å². The van der Waals surface area contributed by atoms with Crippen molar-refractivity contribution < 1.29 is 18.0 Å². The summed E-state index contributed by atoms with van der Waals surface area (Å²) in [7, 11) is 0. The van der Waals surface area contributed by atoms with E-state index >= 15 is 0 Å². The van der Waals surface area contributed by atoms with Crippen LogP contribution in [0.5, 0.6) is 0 Å². The maximum Gasteiger partial charge on any atom is 0.408 e. The number of hydrogen-bond acceptors (Lipinski definition) is 2. The first-order chi connectivity index (χ1) is 8.36. The molecular weight excluding hydrogens is 281 g/mol. The van der Waals surface area contributed by atoms with Crippen molar-refractivity contribution in [3.05, 3.63) is 0 Å². The highest BCUT2D eigenvalue weighted by molar-refractivity contribution is 5.85. The molecule has 1 fully saturated rings. The third kappa shape index (κ3) is 5.57. The number of carbonyl (C=O) groups excluding carboxylic acids is 1. The fourth-order valence-electron chi connectivity index (χ4n) is 2.34. The van der Waals surface area contributed by atoms with Crippen molar-refractivity contribution in [2.75, 3.05) is 6.54 Å². The first-order valence-corrected chi connectivity index (χ1v) is 6.43. The fourth-order valence-corrected chi connectivity index (χ4v) is 2.34. The van der Waals surface area contributed by atoms with Gasteiger partial charge in [-0.2, -0.15) is 13.2 Å². The predicted molar refractivity (Wildman–Crippen MR) is 70.0 cm³/mol. The lowest BCUT2D eigenvalue weighted by Crippen LogP contribution is -2.52. The third-order valence-electron chi connectivity index (χ3n) is 3.57. The summed E-state index contributed by atoms with van der Waals surface area (Å²) in [6, 6.07) is -1.72. The van der Waals surface area contributed by atoms with Gasteiger partial charge < -0.3 is 11.1 Å². The molecule has 114 valence electrons. The van der Waals surface area contributed by atoms with Crippen LogP contribution in [0.25, 0.3) is 0 Å². The molecule has 0 radical (unpaired) electrons. The molecule has 0 heterocycles. The van der Waals surface area contributed by atoms with E-state index in [1.807, 2.05) is 0 Å². The second kappa shape index (κ2) is 7.94. The van der Waals surface area contributed by atoms with E-state index in [0.29, 0.717) is 12.8 Å². The summed E-state index contributed by atoms with van der Waals surface area (Å²) in [4.78, 5) is 11.6. The minimum Gasteiger partial charge on any atom is -0.344 e. The van der Waals surface area contributed by atoms with Crippen molar-refractivity contribution in [2.45, 2.75) is 51.2 Å². The number of amides is 1. The number of alkyl halides is 3. The van der Waals surface area contributed by atoms with Gasteiger partial charge in [-0.15, -0.1) is 12.4 Å². The lowest BCUT2D eigenvalue weighted by atomic mass is 9.83. The van der Waals surface area contributed by atoms with E-state index in [1.54, 1.807) is 0 Å². The normalized spacial score (nSPS) is 20.3. The van der Waals surface area contributed by atoms with E-state index < -0.39 is 30.0 Å². The van der Waals surface area contributed by atoms with Crippen LogP contribution in [0.2, 0.25) is 0 Å². The molecule has 0 saturated heterocycles. The fraction of sp³-hybridized carbons (Fsp3) is 0.917. The highest BCUT2D eigenvalue weighted by Gasteiger charge is 2.45. The summed E-state index contributed by atoms with van der Waals surface area (Å²) in [5.41, 5.74) is 5.29. The molecule has 7 heteroatoms. The van der Waals surface area contributed by atoms with Crippen molar-refractivity contribution in [2.24, 2.45) is 17.6 Å². The molecule has 1 aliphatic carbocycles. The maximum atomic E-state index is 13.0. The quantitative estimate of drug-likeness (QED) is 0.839. The molecule has 19 heavy (non-hydrogen) atoms. The molecular formula is C12H22ClF3N2O. The topological polar surface area (TPSA) is 55.1 Å². The number of nitrogens with two attached hydrogens (primary N) is 1. The molecule has 0 spiro atoms. The van der Waals surface area contributed by atoms with Crippen molar-refractivity contribution in [3.63, 3.8) is 0 Å². The van der Waals surface area contributed by atoms with Crippen LogP contribution < -0.4 is 11.1 Å². The lowest BCUT2D eigenvalue weighted by Gasteiger charge is -2.32. The van der Waals surface area contributed by atoms with Crippen LogP contribution in [0, 0.1) is 11.8 Å². The zero-order chi connectivity index (χ0) is 13.8. The second-order valence-electron chi connectivity index (χ2n) is 5.06. The molecule has 3 N–H and O–H groups in total. The molecule has 1 aliphatic rings. The Labute approximate surface area is 117 Å². The van der Waals surface area contributed by atoms with Gasteiger partial charge in [-0.05, 0) is 18.8 Å². The monoisotopic (exact) mass is 302 g/mol. The number of halogens is 4. The summed E-state index contributed by atoms with van der Waals surface area (Å²) in [5, 5.41) is 2.13. The number of rotatable bonds is 4. The van der Waals surface area contributed by atoms with Gasteiger partial charge in [-0.1, -0.05) is 26.2 Å². The first-order valence-electron chi connectivity index (χ1n) is 6.43. The molecule has 1 rings (SSSR count). The van der Waals surface area contributed by atoms with E-state index in [0.717, 1.165) is 19.3 Å². The van der Waals surface area contributed by atoms with E-state index in [9.17, 15) is 18.0 Å². The molecule has 1 amide bonds. The van der Waals surface area contributed by atoms with Crippen LogP contribution in [0.15, 0.2) is 0 Å². The van der Waals surface area contributed by atoms with Crippen molar-refractivity contribution >= 4 is 18.3 Å². The van der Waals surface area contributed by atoms with Crippen LogP contribution >= 0.6 is 12.4 Å². The van der Waals surface area contributed by atoms with Gasteiger partial charge in [0.05, 0.1) is 0 Å². The van der Waals surface area contributed by atoms with E-state index in [1.165, 1.54) is 6.92 Å². The highest BCUT2D eigenvalue weighted by Crippen LogP contribution is 2.34. The molecule has 0 aromatic rings. The van der Waals surface area contributed by atoms with Crippen molar-refractivity contribution in [1.82, 2.24) is 5.32 Å². The summed E-state index contributed by atoms with van der Waals surface area (Å²) in [6.45, 7) is 1.59. The molecule has 0 aliphatic heterocycles. The first kappa shape index (κ1) is 18.5. The Morgan fingerprint density at radius 1 is 1.32 bits per heavy atom. The largest absolute Gasteiger partial charge is 0.408 e. The number of nitrogens with one attached hydrogen (secondary N) is 1. The van der Waals surface area contributed by atoms with Gasteiger partial charge in [0.2, 0.25) is 5.91 Å². The molecule has 3 nitrogen and oxygen atoms in total. The molecule has 0 aromatic heterocycles. The summed E-state index contributed by atoms with van der Waals surface area (Å²) in [5.74, 6) is -1.68. The number of carbonyl (C=O) groups is 1.